The van der Waals surface area contributed by atoms with Gasteiger partial charge >= 0.3 is 0 Å². The van der Waals surface area contributed by atoms with Crippen molar-refractivity contribution in [2.45, 2.75) is 38.2 Å². The Morgan fingerprint density at radius 3 is 2.38 bits per heavy atom. The highest BCUT2D eigenvalue weighted by atomic mass is 19.1. The van der Waals surface area contributed by atoms with Gasteiger partial charge in [-0.3, -0.25) is 4.98 Å². The summed E-state index contributed by atoms with van der Waals surface area (Å²) in [5.41, 5.74) is 1.61. The van der Waals surface area contributed by atoms with E-state index in [1.807, 2.05) is 30.3 Å². The van der Waals surface area contributed by atoms with Gasteiger partial charge in [0, 0.05) is 11.6 Å². The van der Waals surface area contributed by atoms with Crippen molar-refractivity contribution in [2.75, 3.05) is 0 Å². The van der Waals surface area contributed by atoms with E-state index in [1.165, 1.54) is 12.1 Å². The molecule has 0 saturated heterocycles. The Balaban J connectivity index is 1.91. The number of halogens is 1. The van der Waals surface area contributed by atoms with E-state index in [4.69, 9.17) is 0 Å². The first kappa shape index (κ1) is 14.2. The van der Waals surface area contributed by atoms with Crippen molar-refractivity contribution in [1.29, 1.82) is 0 Å². The first-order chi connectivity index (χ1) is 10.1. The number of rotatable bonds is 4. The Labute approximate surface area is 124 Å². The van der Waals surface area contributed by atoms with Gasteiger partial charge in [-0.05, 0) is 48.6 Å². The molecule has 21 heavy (non-hydrogen) atoms. The zero-order valence-electron chi connectivity index (χ0n) is 12.2. The molecule has 1 aromatic heterocycles. The zero-order valence-corrected chi connectivity index (χ0v) is 12.2. The van der Waals surface area contributed by atoms with Gasteiger partial charge in [0.1, 0.15) is 11.9 Å². The lowest BCUT2D eigenvalue weighted by atomic mass is 9.56. The van der Waals surface area contributed by atoms with Gasteiger partial charge in [0.05, 0.1) is 5.69 Å². The minimum atomic E-state index is -0.576. The van der Waals surface area contributed by atoms with E-state index in [0.717, 1.165) is 30.5 Å². The van der Waals surface area contributed by atoms with E-state index >= 15 is 0 Å². The maximum absolute atomic E-state index is 13.1. The molecular weight excluding hydrogens is 265 g/mol. The van der Waals surface area contributed by atoms with Crippen LogP contribution in [0.2, 0.25) is 0 Å². The van der Waals surface area contributed by atoms with Crippen LogP contribution in [0, 0.1) is 11.2 Å². The van der Waals surface area contributed by atoms with E-state index in [-0.39, 0.29) is 17.2 Å². The normalized spacial score (nSPS) is 19.6. The van der Waals surface area contributed by atoms with Gasteiger partial charge in [-0.1, -0.05) is 31.5 Å². The average Bonchev–Trinajstić information content (AvgIpc) is 2.47. The molecule has 1 saturated carbocycles. The first-order valence-electron chi connectivity index (χ1n) is 7.48. The molecule has 1 fully saturated rings. The summed E-state index contributed by atoms with van der Waals surface area (Å²) in [4.78, 5) is 4.31. The summed E-state index contributed by atoms with van der Waals surface area (Å²) in [6.45, 7) is 2.12. The third kappa shape index (κ3) is 2.46. The molecule has 0 bridgehead atoms. The summed E-state index contributed by atoms with van der Waals surface area (Å²) in [5, 5.41) is 10.8. The van der Waals surface area contributed by atoms with Crippen molar-refractivity contribution in [3.63, 3.8) is 0 Å². The Morgan fingerprint density at radius 2 is 1.86 bits per heavy atom. The van der Waals surface area contributed by atoms with Crippen LogP contribution in [0.1, 0.15) is 49.5 Å². The van der Waals surface area contributed by atoms with E-state index in [9.17, 15) is 9.50 Å². The number of nitrogens with zero attached hydrogens (tertiary/aromatic N) is 1. The fourth-order valence-corrected chi connectivity index (χ4v) is 3.44. The van der Waals surface area contributed by atoms with E-state index in [0.29, 0.717) is 0 Å². The predicted molar refractivity (Wildman–Crippen MR) is 80.3 cm³/mol. The number of hydrogen-bond acceptors (Lipinski definition) is 2. The lowest BCUT2D eigenvalue weighted by Crippen LogP contribution is -2.41. The van der Waals surface area contributed by atoms with Crippen LogP contribution < -0.4 is 0 Å². The third-order valence-corrected chi connectivity index (χ3v) is 5.03. The van der Waals surface area contributed by atoms with Crippen molar-refractivity contribution in [3.05, 3.63) is 65.7 Å². The average molecular weight is 285 g/mol. The Kier molecular flexibility index (Phi) is 3.77. The topological polar surface area (TPSA) is 33.1 Å². The van der Waals surface area contributed by atoms with Crippen molar-refractivity contribution in [2.24, 2.45) is 5.41 Å². The second-order valence-corrected chi connectivity index (χ2v) is 6.02. The molecule has 0 aliphatic heterocycles. The van der Waals surface area contributed by atoms with Crippen molar-refractivity contribution >= 4 is 0 Å². The maximum atomic E-state index is 13.1. The number of pyridine rings is 1. The second-order valence-electron chi connectivity index (χ2n) is 6.02. The first-order valence-corrected chi connectivity index (χ1v) is 7.48. The zero-order chi connectivity index (χ0) is 14.9. The maximum Gasteiger partial charge on any atom is 0.123 e. The molecule has 2 nitrogen and oxygen atoms in total. The summed E-state index contributed by atoms with van der Waals surface area (Å²) in [6, 6.07) is 12.3. The van der Waals surface area contributed by atoms with E-state index in [1.54, 1.807) is 6.20 Å². The van der Waals surface area contributed by atoms with E-state index < -0.39 is 6.10 Å². The van der Waals surface area contributed by atoms with Gasteiger partial charge < -0.3 is 5.11 Å². The smallest absolute Gasteiger partial charge is 0.123 e. The lowest BCUT2D eigenvalue weighted by Gasteiger charge is -2.50. The molecule has 1 aromatic carbocycles. The number of aliphatic hydroxyl groups is 1. The minimum absolute atomic E-state index is 0.170. The van der Waals surface area contributed by atoms with Crippen LogP contribution in [0.3, 0.4) is 0 Å². The predicted octanol–water partition coefficient (Wildman–Crippen LogP) is 4.23. The quantitative estimate of drug-likeness (QED) is 0.912. The second kappa shape index (κ2) is 5.57. The van der Waals surface area contributed by atoms with Crippen LogP contribution in [0.5, 0.6) is 0 Å². The molecule has 1 aliphatic carbocycles. The monoisotopic (exact) mass is 285 g/mol. The Hall–Kier alpha value is -1.74. The number of aliphatic hydroxyl groups excluding tert-OH is 1. The SMILES string of the molecule is CC(c1ccc(F)cc1)C1(C(O)c2ccccn2)CCC1. The van der Waals surface area contributed by atoms with Gasteiger partial charge in [0.2, 0.25) is 0 Å². The van der Waals surface area contributed by atoms with Crippen LogP contribution in [0.15, 0.2) is 48.7 Å². The molecule has 0 spiro atoms. The molecule has 1 N–H and O–H groups in total. The fraction of sp³-hybridized carbons (Fsp3) is 0.389. The fourth-order valence-electron chi connectivity index (χ4n) is 3.44. The number of benzene rings is 1. The molecule has 2 unspecified atom stereocenters. The molecule has 2 atom stereocenters. The molecule has 3 heteroatoms. The lowest BCUT2D eigenvalue weighted by molar-refractivity contribution is -0.0569. The highest BCUT2D eigenvalue weighted by Crippen LogP contribution is 2.58. The summed E-state index contributed by atoms with van der Waals surface area (Å²) in [5.74, 6) is -0.0530. The van der Waals surface area contributed by atoms with Crippen molar-refractivity contribution < 1.29 is 9.50 Å². The van der Waals surface area contributed by atoms with Crippen molar-refractivity contribution in [1.82, 2.24) is 4.98 Å². The summed E-state index contributed by atoms with van der Waals surface area (Å²) in [6.07, 6.45) is 4.21. The van der Waals surface area contributed by atoms with Crippen LogP contribution >= 0.6 is 0 Å². The molecule has 1 heterocycles. The molecule has 3 rings (SSSR count). The number of hydrogen-bond donors (Lipinski definition) is 1. The van der Waals surface area contributed by atoms with Crippen LogP contribution in [0.25, 0.3) is 0 Å². The molecule has 2 aromatic rings. The molecule has 0 radical (unpaired) electrons. The minimum Gasteiger partial charge on any atom is -0.386 e. The summed E-state index contributed by atoms with van der Waals surface area (Å²) in [7, 11) is 0. The highest BCUT2D eigenvalue weighted by molar-refractivity contribution is 5.26. The molecule has 0 amide bonds. The van der Waals surface area contributed by atoms with Crippen LogP contribution in [-0.4, -0.2) is 10.1 Å². The van der Waals surface area contributed by atoms with Gasteiger partial charge in [0.15, 0.2) is 0 Å². The Bertz CT molecular complexity index is 592. The Morgan fingerprint density at radius 1 is 1.14 bits per heavy atom. The molecule has 1 aliphatic rings. The highest BCUT2D eigenvalue weighted by Gasteiger charge is 2.49. The number of aromatic nitrogens is 1. The standard InChI is InChI=1S/C18H20FNO/c1-13(14-6-8-15(19)9-7-14)18(10-4-11-18)17(21)16-5-2-3-12-20-16/h2-3,5-9,12-13,17,21H,4,10-11H2,1H3. The molecule has 110 valence electrons. The van der Waals surface area contributed by atoms with E-state index in [2.05, 4.69) is 11.9 Å². The summed E-state index contributed by atoms with van der Waals surface area (Å²) < 4.78 is 13.1. The van der Waals surface area contributed by atoms with Gasteiger partial charge in [-0.25, -0.2) is 4.39 Å². The van der Waals surface area contributed by atoms with Gasteiger partial charge in [-0.2, -0.15) is 0 Å². The summed E-state index contributed by atoms with van der Waals surface area (Å²) >= 11 is 0. The molecular formula is C18H20FNO. The van der Waals surface area contributed by atoms with Crippen molar-refractivity contribution in [3.8, 4) is 0 Å². The van der Waals surface area contributed by atoms with Gasteiger partial charge in [0.25, 0.3) is 0 Å². The van der Waals surface area contributed by atoms with Gasteiger partial charge in [-0.15, -0.1) is 0 Å². The largest absolute Gasteiger partial charge is 0.386 e. The third-order valence-electron chi connectivity index (χ3n) is 5.03. The van der Waals surface area contributed by atoms with Crippen LogP contribution in [0.4, 0.5) is 4.39 Å². The van der Waals surface area contributed by atoms with Crippen LogP contribution in [-0.2, 0) is 0 Å².